The molecule has 0 aliphatic carbocycles. The lowest BCUT2D eigenvalue weighted by Gasteiger charge is -2.39. The standard InChI is InChI=1S/C18H30N6O/c1-13-15(18(25-5)24(4)21-13)10-19-9-14-7-6-8-22(2)17(14)16-11-20-12-23(16)3/h11-12,14,17,19H,6-10H2,1-5H3/t14-,17+/m0/s1. The van der Waals surface area contributed by atoms with Crippen LogP contribution in [0.15, 0.2) is 12.5 Å². The second-order valence-corrected chi connectivity index (χ2v) is 7.08. The molecule has 1 aliphatic heterocycles. The topological polar surface area (TPSA) is 60.1 Å². The van der Waals surface area contributed by atoms with Gasteiger partial charge in [0, 0.05) is 33.4 Å². The summed E-state index contributed by atoms with van der Waals surface area (Å²) in [6.45, 7) is 4.92. The maximum atomic E-state index is 5.49. The number of likely N-dealkylation sites (tertiary alicyclic amines) is 1. The van der Waals surface area contributed by atoms with Crippen LogP contribution in [-0.4, -0.2) is 51.5 Å². The van der Waals surface area contributed by atoms with Crippen LogP contribution < -0.4 is 10.1 Å². The van der Waals surface area contributed by atoms with Gasteiger partial charge in [-0.25, -0.2) is 9.67 Å². The van der Waals surface area contributed by atoms with Gasteiger partial charge in [-0.05, 0) is 39.3 Å². The minimum absolute atomic E-state index is 0.408. The van der Waals surface area contributed by atoms with E-state index in [2.05, 4.69) is 39.0 Å². The first-order valence-corrected chi connectivity index (χ1v) is 8.96. The van der Waals surface area contributed by atoms with Crippen LogP contribution in [0.2, 0.25) is 0 Å². The number of hydrogen-bond donors (Lipinski definition) is 1. The first kappa shape index (κ1) is 17.9. The summed E-state index contributed by atoms with van der Waals surface area (Å²) in [4.78, 5) is 6.78. The Morgan fingerprint density at radius 2 is 2.12 bits per heavy atom. The van der Waals surface area contributed by atoms with E-state index in [1.807, 2.05) is 26.5 Å². The number of piperidine rings is 1. The molecule has 2 atom stereocenters. The molecule has 0 amide bonds. The quantitative estimate of drug-likeness (QED) is 0.862. The third-order valence-corrected chi connectivity index (χ3v) is 5.35. The van der Waals surface area contributed by atoms with Crippen LogP contribution in [0.25, 0.3) is 0 Å². The Morgan fingerprint density at radius 1 is 1.32 bits per heavy atom. The van der Waals surface area contributed by atoms with Gasteiger partial charge in [0.05, 0.1) is 36.4 Å². The van der Waals surface area contributed by atoms with Crippen molar-refractivity contribution in [1.29, 1.82) is 0 Å². The molecule has 1 fully saturated rings. The van der Waals surface area contributed by atoms with Crippen LogP contribution in [0.4, 0.5) is 0 Å². The summed E-state index contributed by atoms with van der Waals surface area (Å²) in [5.74, 6) is 1.41. The molecule has 1 aliphatic rings. The van der Waals surface area contributed by atoms with Crippen LogP contribution >= 0.6 is 0 Å². The molecule has 1 N–H and O–H groups in total. The summed E-state index contributed by atoms with van der Waals surface area (Å²) in [5, 5.41) is 8.10. The minimum Gasteiger partial charge on any atom is -0.481 e. The Balaban J connectivity index is 1.68. The Labute approximate surface area is 150 Å². The Morgan fingerprint density at radius 3 is 2.80 bits per heavy atom. The molecular formula is C18H30N6O. The molecule has 0 bridgehead atoms. The maximum absolute atomic E-state index is 5.49. The van der Waals surface area contributed by atoms with Crippen LogP contribution in [0, 0.1) is 12.8 Å². The number of ether oxygens (including phenoxy) is 1. The van der Waals surface area contributed by atoms with Gasteiger partial charge < -0.3 is 14.6 Å². The highest BCUT2D eigenvalue weighted by molar-refractivity contribution is 5.30. The van der Waals surface area contributed by atoms with E-state index in [1.165, 1.54) is 18.5 Å². The van der Waals surface area contributed by atoms with Gasteiger partial charge in [-0.1, -0.05) is 0 Å². The van der Waals surface area contributed by atoms with E-state index in [0.717, 1.165) is 36.8 Å². The zero-order chi connectivity index (χ0) is 18.0. The molecule has 7 nitrogen and oxygen atoms in total. The first-order chi connectivity index (χ1) is 12.0. The van der Waals surface area contributed by atoms with E-state index in [1.54, 1.807) is 11.8 Å². The molecule has 1 saturated heterocycles. The van der Waals surface area contributed by atoms with Gasteiger partial charge in [-0.15, -0.1) is 0 Å². The lowest BCUT2D eigenvalue weighted by molar-refractivity contribution is 0.113. The van der Waals surface area contributed by atoms with E-state index >= 15 is 0 Å². The Hall–Kier alpha value is -1.86. The highest BCUT2D eigenvalue weighted by Gasteiger charge is 2.32. The second kappa shape index (κ2) is 7.58. The van der Waals surface area contributed by atoms with Gasteiger partial charge in [0.15, 0.2) is 0 Å². The summed E-state index contributed by atoms with van der Waals surface area (Å²) in [6, 6.07) is 0.408. The summed E-state index contributed by atoms with van der Waals surface area (Å²) < 4.78 is 9.44. The number of rotatable bonds is 6. The van der Waals surface area contributed by atoms with Crippen molar-refractivity contribution in [2.45, 2.75) is 32.4 Å². The number of hydrogen-bond acceptors (Lipinski definition) is 5. The van der Waals surface area contributed by atoms with Crippen molar-refractivity contribution in [2.75, 3.05) is 27.2 Å². The van der Waals surface area contributed by atoms with Crippen LogP contribution in [0.1, 0.15) is 35.8 Å². The molecule has 3 heterocycles. The number of nitrogens with one attached hydrogen (secondary N) is 1. The van der Waals surface area contributed by atoms with Crippen molar-refractivity contribution < 1.29 is 4.74 Å². The van der Waals surface area contributed by atoms with Gasteiger partial charge in [-0.2, -0.15) is 5.10 Å². The van der Waals surface area contributed by atoms with E-state index in [9.17, 15) is 0 Å². The first-order valence-electron chi connectivity index (χ1n) is 8.96. The summed E-state index contributed by atoms with van der Waals surface area (Å²) in [6.07, 6.45) is 6.38. The average Bonchev–Trinajstić information content (AvgIpc) is 3.10. The number of imidazole rings is 1. The van der Waals surface area contributed by atoms with Crippen LogP contribution in [0.3, 0.4) is 0 Å². The lowest BCUT2D eigenvalue weighted by atomic mass is 9.87. The van der Waals surface area contributed by atoms with E-state index in [0.29, 0.717) is 12.0 Å². The largest absolute Gasteiger partial charge is 0.481 e. The number of nitrogens with zero attached hydrogens (tertiary/aromatic N) is 5. The zero-order valence-electron chi connectivity index (χ0n) is 16.0. The zero-order valence-corrected chi connectivity index (χ0v) is 16.0. The fourth-order valence-corrected chi connectivity index (χ4v) is 4.12. The van der Waals surface area contributed by atoms with Gasteiger partial charge in [0.2, 0.25) is 5.88 Å². The van der Waals surface area contributed by atoms with Gasteiger partial charge >= 0.3 is 0 Å². The van der Waals surface area contributed by atoms with Crippen molar-refractivity contribution in [3.63, 3.8) is 0 Å². The molecule has 0 unspecified atom stereocenters. The number of aromatic nitrogens is 4. The van der Waals surface area contributed by atoms with E-state index in [4.69, 9.17) is 4.74 Å². The normalized spacial score (nSPS) is 21.6. The van der Waals surface area contributed by atoms with Gasteiger partial charge in [-0.3, -0.25) is 4.90 Å². The molecule has 138 valence electrons. The fraction of sp³-hybridized carbons (Fsp3) is 0.667. The Kier molecular flexibility index (Phi) is 5.44. The number of methoxy groups -OCH3 is 1. The molecule has 0 saturated carbocycles. The lowest BCUT2D eigenvalue weighted by Crippen LogP contribution is -2.41. The van der Waals surface area contributed by atoms with Crippen molar-refractivity contribution in [1.82, 2.24) is 29.5 Å². The van der Waals surface area contributed by atoms with Crippen LogP contribution in [-0.2, 0) is 20.6 Å². The monoisotopic (exact) mass is 346 g/mol. The molecule has 2 aromatic rings. The minimum atomic E-state index is 0.408. The van der Waals surface area contributed by atoms with Crippen molar-refractivity contribution in [3.8, 4) is 5.88 Å². The summed E-state index contributed by atoms with van der Waals surface area (Å²) in [5.41, 5.74) is 3.46. The third kappa shape index (κ3) is 3.57. The highest BCUT2D eigenvalue weighted by atomic mass is 16.5. The summed E-state index contributed by atoms with van der Waals surface area (Å²) in [7, 11) is 7.93. The predicted octanol–water partition coefficient (Wildman–Crippen LogP) is 1.64. The molecule has 25 heavy (non-hydrogen) atoms. The summed E-state index contributed by atoms with van der Waals surface area (Å²) >= 11 is 0. The third-order valence-electron chi connectivity index (χ3n) is 5.35. The molecule has 0 radical (unpaired) electrons. The average molecular weight is 346 g/mol. The van der Waals surface area contributed by atoms with Crippen molar-refractivity contribution in [2.24, 2.45) is 20.0 Å². The van der Waals surface area contributed by atoms with E-state index in [-0.39, 0.29) is 0 Å². The second-order valence-electron chi connectivity index (χ2n) is 7.08. The fourth-order valence-electron chi connectivity index (χ4n) is 4.12. The molecular weight excluding hydrogens is 316 g/mol. The molecule has 0 spiro atoms. The molecule has 3 rings (SSSR count). The SMILES string of the molecule is COc1c(CNC[C@@H]2CCCN(C)[C@H]2c2cncn2C)c(C)nn1C. The van der Waals surface area contributed by atoms with Crippen LogP contribution in [0.5, 0.6) is 5.88 Å². The van der Waals surface area contributed by atoms with Crippen molar-refractivity contribution >= 4 is 0 Å². The van der Waals surface area contributed by atoms with Gasteiger partial charge in [0.25, 0.3) is 0 Å². The molecule has 2 aromatic heterocycles. The molecule has 7 heteroatoms. The highest BCUT2D eigenvalue weighted by Crippen LogP contribution is 2.34. The molecule has 0 aromatic carbocycles. The van der Waals surface area contributed by atoms with Crippen molar-refractivity contribution in [3.05, 3.63) is 29.5 Å². The Bertz CT molecular complexity index is 706. The predicted molar refractivity (Wildman–Crippen MR) is 97.5 cm³/mol. The van der Waals surface area contributed by atoms with E-state index < -0.39 is 0 Å². The maximum Gasteiger partial charge on any atom is 0.216 e. The number of aryl methyl sites for hydroxylation is 3. The van der Waals surface area contributed by atoms with Gasteiger partial charge in [0.1, 0.15) is 0 Å². The smallest absolute Gasteiger partial charge is 0.216 e.